The second-order valence-corrected chi connectivity index (χ2v) is 4.35. The minimum absolute atomic E-state index is 0.144. The molecule has 4 heteroatoms. The zero-order valence-electron chi connectivity index (χ0n) is 11.3. The Morgan fingerprint density at radius 2 is 2.11 bits per heavy atom. The molecule has 0 atom stereocenters. The fraction of sp³-hybridized carbons (Fsp3) is 0.500. The Morgan fingerprint density at radius 1 is 1.39 bits per heavy atom. The maximum absolute atomic E-state index is 13.5. The lowest BCUT2D eigenvalue weighted by Gasteiger charge is -2.19. The molecule has 0 fully saturated rings. The summed E-state index contributed by atoms with van der Waals surface area (Å²) in [6, 6.07) is 4.55. The van der Waals surface area contributed by atoms with Crippen LogP contribution < -0.4 is 5.32 Å². The topological polar surface area (TPSA) is 32.3 Å². The maximum atomic E-state index is 13.5. The van der Waals surface area contributed by atoms with E-state index in [0.717, 1.165) is 19.3 Å². The van der Waals surface area contributed by atoms with Gasteiger partial charge in [-0.1, -0.05) is 25.8 Å². The van der Waals surface area contributed by atoms with Crippen molar-refractivity contribution in [2.24, 2.45) is 0 Å². The van der Waals surface area contributed by atoms with Gasteiger partial charge in [-0.05, 0) is 18.6 Å². The van der Waals surface area contributed by atoms with Gasteiger partial charge in [0.05, 0.1) is 11.3 Å². The van der Waals surface area contributed by atoms with Crippen LogP contribution in [0, 0.1) is 5.82 Å². The molecule has 1 rings (SSSR count). The first-order valence-corrected chi connectivity index (χ1v) is 6.33. The summed E-state index contributed by atoms with van der Waals surface area (Å²) in [4.78, 5) is 13.8. The third-order valence-electron chi connectivity index (χ3n) is 2.94. The molecule has 0 saturated heterocycles. The van der Waals surface area contributed by atoms with Crippen molar-refractivity contribution in [3.63, 3.8) is 0 Å². The van der Waals surface area contributed by atoms with Gasteiger partial charge in [0.2, 0.25) is 0 Å². The number of carbonyl (C=O) groups excluding carboxylic acids is 1. The number of hydrogen-bond acceptors (Lipinski definition) is 2. The van der Waals surface area contributed by atoms with E-state index in [4.69, 9.17) is 0 Å². The van der Waals surface area contributed by atoms with Gasteiger partial charge in [0.1, 0.15) is 5.82 Å². The molecule has 0 radical (unpaired) electrons. The predicted octanol–water partition coefficient (Wildman–Crippen LogP) is 3.13. The van der Waals surface area contributed by atoms with Gasteiger partial charge in [-0.3, -0.25) is 4.79 Å². The first-order valence-electron chi connectivity index (χ1n) is 6.33. The Labute approximate surface area is 108 Å². The molecule has 0 aliphatic rings. The van der Waals surface area contributed by atoms with Gasteiger partial charge in [-0.25, -0.2) is 4.39 Å². The van der Waals surface area contributed by atoms with E-state index in [1.807, 2.05) is 0 Å². The van der Waals surface area contributed by atoms with E-state index in [9.17, 15) is 9.18 Å². The molecule has 0 aromatic heterocycles. The number of amides is 1. The lowest BCUT2D eigenvalue weighted by atomic mass is 10.1. The lowest BCUT2D eigenvalue weighted by Crippen LogP contribution is -2.28. The summed E-state index contributed by atoms with van der Waals surface area (Å²) in [5.74, 6) is -0.541. The zero-order chi connectivity index (χ0) is 13.5. The highest BCUT2D eigenvalue weighted by atomic mass is 19.1. The first-order chi connectivity index (χ1) is 8.61. The normalized spacial score (nSPS) is 10.2. The van der Waals surface area contributed by atoms with Crippen LogP contribution in [0.15, 0.2) is 18.2 Å². The quantitative estimate of drug-likeness (QED) is 0.789. The van der Waals surface area contributed by atoms with Crippen molar-refractivity contribution in [2.45, 2.75) is 26.2 Å². The predicted molar refractivity (Wildman–Crippen MR) is 72.4 cm³/mol. The second kappa shape index (κ2) is 6.99. The zero-order valence-corrected chi connectivity index (χ0v) is 11.3. The Balaban J connectivity index is 2.80. The van der Waals surface area contributed by atoms with E-state index in [2.05, 4.69) is 12.2 Å². The van der Waals surface area contributed by atoms with Gasteiger partial charge < -0.3 is 10.2 Å². The molecule has 0 spiro atoms. The molecule has 1 amide bonds. The number of anilines is 1. The molecule has 0 bridgehead atoms. The highest BCUT2D eigenvalue weighted by Gasteiger charge is 2.17. The van der Waals surface area contributed by atoms with Crippen LogP contribution in [0.4, 0.5) is 10.1 Å². The smallest absolute Gasteiger partial charge is 0.255 e. The first kappa shape index (κ1) is 14.5. The van der Waals surface area contributed by atoms with Gasteiger partial charge in [0.25, 0.3) is 5.91 Å². The van der Waals surface area contributed by atoms with Crippen molar-refractivity contribution in [3.05, 3.63) is 29.6 Å². The summed E-state index contributed by atoms with van der Waals surface area (Å²) in [6.45, 7) is 2.82. The number of benzene rings is 1. The summed E-state index contributed by atoms with van der Waals surface area (Å²) in [5.41, 5.74) is 0.654. The van der Waals surface area contributed by atoms with E-state index in [1.54, 1.807) is 31.1 Å². The largest absolute Gasteiger partial charge is 0.385 e. The Kier molecular flexibility index (Phi) is 5.62. The Bertz CT molecular complexity index is 407. The number of carbonyl (C=O) groups is 1. The number of unbranched alkanes of at least 4 members (excludes halogenated alkanes) is 2. The van der Waals surface area contributed by atoms with Crippen LogP contribution in [0.25, 0.3) is 0 Å². The van der Waals surface area contributed by atoms with Gasteiger partial charge in [-0.15, -0.1) is 0 Å². The molecule has 1 aromatic rings. The molecule has 0 unspecified atom stereocenters. The molecule has 18 heavy (non-hydrogen) atoms. The molecular weight excluding hydrogens is 231 g/mol. The molecule has 0 heterocycles. The van der Waals surface area contributed by atoms with Crippen molar-refractivity contribution in [2.75, 3.05) is 26.0 Å². The molecule has 0 aliphatic carbocycles. The van der Waals surface area contributed by atoms with Crippen LogP contribution >= 0.6 is 0 Å². The molecule has 0 aliphatic heterocycles. The fourth-order valence-corrected chi connectivity index (χ4v) is 1.86. The number of halogens is 1. The number of rotatable bonds is 6. The average Bonchev–Trinajstić information content (AvgIpc) is 2.37. The number of nitrogens with zero attached hydrogens (tertiary/aromatic N) is 1. The van der Waals surface area contributed by atoms with E-state index >= 15 is 0 Å². The summed E-state index contributed by atoms with van der Waals surface area (Å²) >= 11 is 0. The molecule has 1 N–H and O–H groups in total. The van der Waals surface area contributed by atoms with Crippen molar-refractivity contribution in [1.29, 1.82) is 0 Å². The third kappa shape index (κ3) is 3.45. The SMILES string of the molecule is CCCCCN(C)C(=O)c1cccc(F)c1NC. The average molecular weight is 252 g/mol. The summed E-state index contributed by atoms with van der Waals surface area (Å²) in [6.07, 6.45) is 3.19. The molecule has 0 saturated carbocycles. The summed E-state index contributed by atoms with van der Waals surface area (Å²) in [5, 5.41) is 2.74. The van der Waals surface area contributed by atoms with Gasteiger partial charge in [0, 0.05) is 20.6 Å². The second-order valence-electron chi connectivity index (χ2n) is 4.35. The van der Waals surface area contributed by atoms with E-state index in [-0.39, 0.29) is 11.6 Å². The van der Waals surface area contributed by atoms with Gasteiger partial charge in [0.15, 0.2) is 0 Å². The van der Waals surface area contributed by atoms with Crippen LogP contribution in [-0.2, 0) is 0 Å². The van der Waals surface area contributed by atoms with E-state index < -0.39 is 5.82 Å². The summed E-state index contributed by atoms with van der Waals surface area (Å²) in [7, 11) is 3.37. The standard InChI is InChI=1S/C14H21FN2O/c1-4-5-6-10-17(3)14(18)11-8-7-9-12(15)13(11)16-2/h7-9,16H,4-6,10H2,1-3H3. The number of hydrogen-bond donors (Lipinski definition) is 1. The maximum Gasteiger partial charge on any atom is 0.255 e. The van der Waals surface area contributed by atoms with Crippen molar-refractivity contribution in [1.82, 2.24) is 4.90 Å². The van der Waals surface area contributed by atoms with Crippen LogP contribution in [-0.4, -0.2) is 31.4 Å². The molecule has 3 nitrogen and oxygen atoms in total. The van der Waals surface area contributed by atoms with Crippen molar-refractivity contribution < 1.29 is 9.18 Å². The van der Waals surface area contributed by atoms with E-state index in [0.29, 0.717) is 12.1 Å². The lowest BCUT2D eigenvalue weighted by molar-refractivity contribution is 0.0793. The van der Waals surface area contributed by atoms with Crippen molar-refractivity contribution in [3.8, 4) is 0 Å². The molecule has 1 aromatic carbocycles. The highest BCUT2D eigenvalue weighted by Crippen LogP contribution is 2.20. The van der Waals surface area contributed by atoms with E-state index in [1.165, 1.54) is 6.07 Å². The minimum Gasteiger partial charge on any atom is -0.385 e. The number of para-hydroxylation sites is 1. The molecule has 100 valence electrons. The van der Waals surface area contributed by atoms with Crippen LogP contribution in [0.3, 0.4) is 0 Å². The van der Waals surface area contributed by atoms with Crippen LogP contribution in [0.2, 0.25) is 0 Å². The van der Waals surface area contributed by atoms with Gasteiger partial charge in [-0.2, -0.15) is 0 Å². The van der Waals surface area contributed by atoms with Crippen LogP contribution in [0.1, 0.15) is 36.5 Å². The monoisotopic (exact) mass is 252 g/mol. The Morgan fingerprint density at radius 3 is 2.72 bits per heavy atom. The number of nitrogens with one attached hydrogen (secondary N) is 1. The van der Waals surface area contributed by atoms with Gasteiger partial charge >= 0.3 is 0 Å². The summed E-state index contributed by atoms with van der Waals surface area (Å²) < 4.78 is 13.5. The third-order valence-corrected chi connectivity index (χ3v) is 2.94. The highest BCUT2D eigenvalue weighted by molar-refractivity contribution is 5.99. The Hall–Kier alpha value is -1.58. The van der Waals surface area contributed by atoms with Crippen molar-refractivity contribution >= 4 is 11.6 Å². The fourth-order valence-electron chi connectivity index (χ4n) is 1.86. The minimum atomic E-state index is -0.398. The molecular formula is C14H21FN2O. The van der Waals surface area contributed by atoms with Crippen LogP contribution in [0.5, 0.6) is 0 Å².